The van der Waals surface area contributed by atoms with Gasteiger partial charge in [-0.2, -0.15) is 5.10 Å². The van der Waals surface area contributed by atoms with Crippen molar-refractivity contribution >= 4 is 12.4 Å². The maximum absolute atomic E-state index is 12.6. The van der Waals surface area contributed by atoms with Crippen molar-refractivity contribution < 1.29 is 8.78 Å². The molecule has 4 heteroatoms. The molecule has 0 fully saturated rings. The average molecular weight is 200 g/mol. The molecule has 0 amide bonds. The van der Waals surface area contributed by atoms with Gasteiger partial charge in [0.25, 0.3) is 0 Å². The Labute approximate surface area is 82.9 Å². The highest BCUT2D eigenvalue weighted by atomic mass is 19.2. The summed E-state index contributed by atoms with van der Waals surface area (Å²) in [7, 11) is 1.60. The highest BCUT2D eigenvalue weighted by Gasteiger charge is 2.03. The third kappa shape index (κ3) is 3.12. The molecule has 0 spiro atoms. The van der Waals surface area contributed by atoms with Gasteiger partial charge >= 0.3 is 0 Å². The summed E-state index contributed by atoms with van der Waals surface area (Å²) in [6, 6.07) is 3.53. The molecule has 0 saturated heterocycles. The molecule has 0 aliphatic heterocycles. The first-order chi connectivity index (χ1) is 6.65. The Balaban J connectivity index is 0.000000791. The van der Waals surface area contributed by atoms with Crippen LogP contribution in [-0.2, 0) is 0 Å². The summed E-state index contributed by atoms with van der Waals surface area (Å²) in [4.78, 5) is 0. The molecule has 1 aromatic rings. The van der Waals surface area contributed by atoms with Gasteiger partial charge in [0.1, 0.15) is 0 Å². The Morgan fingerprint density at radius 2 is 1.79 bits per heavy atom. The second-order valence-electron chi connectivity index (χ2n) is 2.26. The number of rotatable bonds is 2. The highest BCUT2D eigenvalue weighted by Crippen LogP contribution is 2.16. The maximum Gasteiger partial charge on any atom is 0.160 e. The Kier molecular flexibility index (Phi) is 5.44. The molecule has 78 valence electrons. The SMILES string of the molecule is C=NN(C)c1ccc(F)c(F)c1.CC. The van der Waals surface area contributed by atoms with Crippen LogP contribution < -0.4 is 5.01 Å². The van der Waals surface area contributed by atoms with Gasteiger partial charge in [-0.1, -0.05) is 13.8 Å². The van der Waals surface area contributed by atoms with E-state index in [1.807, 2.05) is 13.8 Å². The van der Waals surface area contributed by atoms with Gasteiger partial charge in [0.2, 0.25) is 0 Å². The van der Waals surface area contributed by atoms with Crippen molar-refractivity contribution in [1.29, 1.82) is 0 Å². The fourth-order valence-corrected chi connectivity index (χ4v) is 0.768. The van der Waals surface area contributed by atoms with Crippen molar-refractivity contribution in [2.24, 2.45) is 5.10 Å². The number of anilines is 1. The molecule has 0 N–H and O–H groups in total. The third-order valence-corrected chi connectivity index (χ3v) is 1.49. The molecular weight excluding hydrogens is 186 g/mol. The molecule has 0 aliphatic carbocycles. The standard InChI is InChI=1S/C8H8F2N2.C2H6/c1-11-12(2)6-3-4-7(9)8(10)5-6;1-2/h3-5H,1H2,2H3;1-2H3. The molecule has 0 aliphatic rings. The van der Waals surface area contributed by atoms with E-state index in [1.54, 1.807) is 7.05 Å². The first-order valence-corrected chi connectivity index (χ1v) is 4.30. The van der Waals surface area contributed by atoms with Gasteiger partial charge in [0.05, 0.1) is 5.69 Å². The second kappa shape index (κ2) is 6.07. The fourth-order valence-electron chi connectivity index (χ4n) is 0.768. The topological polar surface area (TPSA) is 15.6 Å². The molecule has 1 aromatic carbocycles. The number of hydrazone groups is 1. The number of halogens is 2. The van der Waals surface area contributed by atoms with Crippen molar-refractivity contribution in [2.45, 2.75) is 13.8 Å². The monoisotopic (exact) mass is 200 g/mol. The Morgan fingerprint density at radius 3 is 2.21 bits per heavy atom. The predicted octanol–water partition coefficient (Wildman–Crippen LogP) is 3.04. The summed E-state index contributed by atoms with van der Waals surface area (Å²) in [5, 5.41) is 4.87. The molecule has 0 atom stereocenters. The van der Waals surface area contributed by atoms with Crippen LogP contribution in [0.3, 0.4) is 0 Å². The van der Waals surface area contributed by atoms with Gasteiger partial charge in [-0.05, 0) is 12.1 Å². The van der Waals surface area contributed by atoms with E-state index in [9.17, 15) is 8.78 Å². The molecule has 2 nitrogen and oxygen atoms in total. The number of hydrogen-bond acceptors (Lipinski definition) is 2. The third-order valence-electron chi connectivity index (χ3n) is 1.49. The molecule has 0 unspecified atom stereocenters. The Bertz CT molecular complexity index is 300. The molecular formula is C10H14F2N2. The quantitative estimate of drug-likeness (QED) is 0.529. The Hall–Kier alpha value is -1.45. The predicted molar refractivity (Wildman–Crippen MR) is 55.7 cm³/mol. The fraction of sp³-hybridized carbons (Fsp3) is 0.300. The van der Waals surface area contributed by atoms with Gasteiger partial charge in [-0.3, -0.25) is 5.01 Å². The number of nitrogens with zero attached hydrogens (tertiary/aromatic N) is 2. The molecule has 0 saturated carbocycles. The van der Waals surface area contributed by atoms with Crippen molar-refractivity contribution in [1.82, 2.24) is 0 Å². The van der Waals surface area contributed by atoms with Gasteiger partial charge in [-0.25, -0.2) is 8.78 Å². The van der Waals surface area contributed by atoms with E-state index in [0.29, 0.717) is 5.69 Å². The van der Waals surface area contributed by atoms with Crippen LogP contribution in [0.25, 0.3) is 0 Å². The van der Waals surface area contributed by atoms with E-state index in [2.05, 4.69) is 11.8 Å². The smallest absolute Gasteiger partial charge is 0.160 e. The van der Waals surface area contributed by atoms with E-state index in [0.717, 1.165) is 12.1 Å². The average Bonchev–Trinajstić information content (AvgIpc) is 2.24. The number of hydrogen-bond donors (Lipinski definition) is 0. The van der Waals surface area contributed by atoms with Crippen LogP contribution in [0.15, 0.2) is 23.3 Å². The normalized spacial score (nSPS) is 8.64. The second-order valence-corrected chi connectivity index (χ2v) is 2.26. The maximum atomic E-state index is 12.6. The molecule has 0 aromatic heterocycles. The zero-order valence-corrected chi connectivity index (χ0v) is 8.59. The lowest BCUT2D eigenvalue weighted by molar-refractivity contribution is 0.508. The van der Waals surface area contributed by atoms with Crippen LogP contribution in [0, 0.1) is 11.6 Å². The van der Waals surface area contributed by atoms with Crippen molar-refractivity contribution in [3.63, 3.8) is 0 Å². The molecule has 0 bridgehead atoms. The summed E-state index contributed by atoms with van der Waals surface area (Å²) in [5.41, 5.74) is 0.462. The molecule has 0 radical (unpaired) electrons. The van der Waals surface area contributed by atoms with Crippen LogP contribution in [0.4, 0.5) is 14.5 Å². The summed E-state index contributed by atoms with van der Waals surface area (Å²) >= 11 is 0. The lowest BCUT2D eigenvalue weighted by atomic mass is 10.3. The highest BCUT2D eigenvalue weighted by molar-refractivity contribution is 5.47. The summed E-state index contributed by atoms with van der Waals surface area (Å²) in [5.74, 6) is -1.75. The summed E-state index contributed by atoms with van der Waals surface area (Å²) in [6.45, 7) is 7.25. The lowest BCUT2D eigenvalue weighted by Gasteiger charge is -2.11. The minimum absolute atomic E-state index is 0.462. The first kappa shape index (κ1) is 12.6. The molecule has 14 heavy (non-hydrogen) atoms. The molecule has 1 rings (SSSR count). The van der Waals surface area contributed by atoms with Crippen molar-refractivity contribution in [3.8, 4) is 0 Å². The van der Waals surface area contributed by atoms with E-state index < -0.39 is 11.6 Å². The van der Waals surface area contributed by atoms with Crippen molar-refractivity contribution in [3.05, 3.63) is 29.8 Å². The summed E-state index contributed by atoms with van der Waals surface area (Å²) in [6.07, 6.45) is 0. The minimum Gasteiger partial charge on any atom is -0.269 e. The van der Waals surface area contributed by atoms with Gasteiger partial charge in [0.15, 0.2) is 11.6 Å². The zero-order valence-electron chi connectivity index (χ0n) is 8.59. The largest absolute Gasteiger partial charge is 0.269 e. The van der Waals surface area contributed by atoms with Gasteiger partial charge in [0, 0.05) is 19.8 Å². The van der Waals surface area contributed by atoms with Crippen LogP contribution in [-0.4, -0.2) is 13.8 Å². The van der Waals surface area contributed by atoms with Crippen LogP contribution in [0.2, 0.25) is 0 Å². The van der Waals surface area contributed by atoms with E-state index in [4.69, 9.17) is 0 Å². The summed E-state index contributed by atoms with van der Waals surface area (Å²) < 4.78 is 25.0. The van der Waals surface area contributed by atoms with Gasteiger partial charge in [-0.15, -0.1) is 0 Å². The van der Waals surface area contributed by atoms with Crippen LogP contribution >= 0.6 is 0 Å². The van der Waals surface area contributed by atoms with Gasteiger partial charge < -0.3 is 0 Å². The van der Waals surface area contributed by atoms with Crippen molar-refractivity contribution in [2.75, 3.05) is 12.1 Å². The van der Waals surface area contributed by atoms with E-state index in [-0.39, 0.29) is 0 Å². The minimum atomic E-state index is -0.886. The first-order valence-electron chi connectivity index (χ1n) is 4.30. The van der Waals surface area contributed by atoms with Crippen LogP contribution in [0.1, 0.15) is 13.8 Å². The molecule has 0 heterocycles. The Morgan fingerprint density at radius 1 is 1.21 bits per heavy atom. The zero-order chi connectivity index (χ0) is 11.1. The number of benzene rings is 1. The van der Waals surface area contributed by atoms with Crippen LogP contribution in [0.5, 0.6) is 0 Å². The van der Waals surface area contributed by atoms with E-state index >= 15 is 0 Å². The van der Waals surface area contributed by atoms with E-state index in [1.165, 1.54) is 11.1 Å². The lowest BCUT2D eigenvalue weighted by Crippen LogP contribution is -2.07.